The predicted octanol–water partition coefficient (Wildman–Crippen LogP) is 4.23. The van der Waals surface area contributed by atoms with Crippen LogP contribution in [0.3, 0.4) is 0 Å². The molecule has 0 saturated heterocycles. The van der Waals surface area contributed by atoms with E-state index in [4.69, 9.17) is 11.6 Å². The number of hydrogen-bond donors (Lipinski definition) is 0. The normalized spacial score (nSPS) is 10.8. The molecular formula is C11H15ClS. The van der Waals surface area contributed by atoms with Gasteiger partial charge in [0.2, 0.25) is 0 Å². The van der Waals surface area contributed by atoms with Crippen molar-refractivity contribution in [3.05, 3.63) is 29.3 Å². The summed E-state index contributed by atoms with van der Waals surface area (Å²) in [6, 6.07) is 6.43. The molecule has 0 atom stereocenters. The summed E-state index contributed by atoms with van der Waals surface area (Å²) >= 11 is 7.65. The molecule has 0 aliphatic heterocycles. The maximum atomic E-state index is 5.75. The van der Waals surface area contributed by atoms with E-state index in [0.29, 0.717) is 11.1 Å². The second-order valence-corrected chi connectivity index (χ2v) is 5.29. The first-order valence-corrected chi connectivity index (χ1v) is 5.87. The van der Waals surface area contributed by atoms with Crippen LogP contribution in [0.15, 0.2) is 23.1 Å². The van der Waals surface area contributed by atoms with Crippen LogP contribution in [0.2, 0.25) is 0 Å². The molecule has 72 valence electrons. The maximum absolute atomic E-state index is 5.75. The Balaban J connectivity index is 2.85. The number of thioether (sulfide) groups is 1. The molecule has 0 radical (unpaired) electrons. The topological polar surface area (TPSA) is 0 Å². The second-order valence-electron chi connectivity index (χ2n) is 3.40. The third kappa shape index (κ3) is 3.24. The van der Waals surface area contributed by atoms with Crippen molar-refractivity contribution in [2.45, 2.75) is 36.8 Å². The standard InChI is InChI=1S/C11H15ClS/c1-8(2)13-11-5-4-10(7-12)6-9(11)3/h4-6,8H,7H2,1-3H3. The lowest BCUT2D eigenvalue weighted by atomic mass is 10.2. The third-order valence-corrected chi connectivity index (χ3v) is 3.25. The van der Waals surface area contributed by atoms with Crippen LogP contribution in [0.25, 0.3) is 0 Å². The van der Waals surface area contributed by atoms with Crippen molar-refractivity contribution in [3.8, 4) is 0 Å². The van der Waals surface area contributed by atoms with Crippen molar-refractivity contribution in [2.24, 2.45) is 0 Å². The quantitative estimate of drug-likeness (QED) is 0.536. The smallest absolute Gasteiger partial charge is 0.0474 e. The molecule has 0 saturated carbocycles. The first-order valence-electron chi connectivity index (χ1n) is 4.45. The maximum Gasteiger partial charge on any atom is 0.0474 e. The van der Waals surface area contributed by atoms with Crippen LogP contribution in [-0.2, 0) is 5.88 Å². The Labute approximate surface area is 89.7 Å². The van der Waals surface area contributed by atoms with Gasteiger partial charge in [-0.3, -0.25) is 0 Å². The van der Waals surface area contributed by atoms with Crippen molar-refractivity contribution >= 4 is 23.4 Å². The molecule has 0 aliphatic rings. The first kappa shape index (κ1) is 10.9. The fraction of sp³-hybridized carbons (Fsp3) is 0.455. The van der Waals surface area contributed by atoms with E-state index in [9.17, 15) is 0 Å². The van der Waals surface area contributed by atoms with E-state index >= 15 is 0 Å². The molecule has 0 fully saturated rings. The highest BCUT2D eigenvalue weighted by atomic mass is 35.5. The van der Waals surface area contributed by atoms with Gasteiger partial charge in [-0.15, -0.1) is 23.4 Å². The number of alkyl halides is 1. The lowest BCUT2D eigenvalue weighted by Crippen LogP contribution is -1.89. The van der Waals surface area contributed by atoms with Gasteiger partial charge >= 0.3 is 0 Å². The summed E-state index contributed by atoms with van der Waals surface area (Å²) < 4.78 is 0. The van der Waals surface area contributed by atoms with Gasteiger partial charge in [0.05, 0.1) is 0 Å². The molecule has 0 spiro atoms. The lowest BCUT2D eigenvalue weighted by molar-refractivity contribution is 1.10. The van der Waals surface area contributed by atoms with Crippen LogP contribution in [0, 0.1) is 6.92 Å². The van der Waals surface area contributed by atoms with E-state index in [2.05, 4.69) is 39.0 Å². The van der Waals surface area contributed by atoms with E-state index in [1.165, 1.54) is 16.0 Å². The average molecular weight is 215 g/mol. The highest BCUT2D eigenvalue weighted by molar-refractivity contribution is 8.00. The van der Waals surface area contributed by atoms with Crippen LogP contribution < -0.4 is 0 Å². The molecule has 0 aliphatic carbocycles. The molecule has 0 heterocycles. The molecule has 2 heteroatoms. The van der Waals surface area contributed by atoms with Gasteiger partial charge in [-0.2, -0.15) is 0 Å². The Kier molecular flexibility index (Phi) is 4.14. The second kappa shape index (κ2) is 4.92. The van der Waals surface area contributed by atoms with Gasteiger partial charge in [0.1, 0.15) is 0 Å². The Morgan fingerprint density at radius 3 is 2.54 bits per heavy atom. The summed E-state index contributed by atoms with van der Waals surface area (Å²) in [6.45, 7) is 6.56. The number of rotatable bonds is 3. The summed E-state index contributed by atoms with van der Waals surface area (Å²) in [5.41, 5.74) is 2.53. The summed E-state index contributed by atoms with van der Waals surface area (Å²) in [4.78, 5) is 1.36. The van der Waals surface area contributed by atoms with Crippen LogP contribution in [0.5, 0.6) is 0 Å². The monoisotopic (exact) mass is 214 g/mol. The average Bonchev–Trinajstić information content (AvgIpc) is 2.08. The molecule has 1 rings (SSSR count). The minimum Gasteiger partial charge on any atom is -0.123 e. The number of benzene rings is 1. The van der Waals surface area contributed by atoms with E-state index in [1.807, 2.05) is 11.8 Å². The predicted molar refractivity (Wildman–Crippen MR) is 61.7 cm³/mol. The zero-order valence-corrected chi connectivity index (χ0v) is 9.88. The Bertz CT molecular complexity index is 281. The fourth-order valence-corrected chi connectivity index (χ4v) is 2.25. The molecule has 0 bridgehead atoms. The van der Waals surface area contributed by atoms with E-state index < -0.39 is 0 Å². The fourth-order valence-electron chi connectivity index (χ4n) is 1.18. The zero-order chi connectivity index (χ0) is 9.84. The Morgan fingerprint density at radius 1 is 1.38 bits per heavy atom. The molecule has 13 heavy (non-hydrogen) atoms. The van der Waals surface area contributed by atoms with Crippen LogP contribution in [0.1, 0.15) is 25.0 Å². The highest BCUT2D eigenvalue weighted by Crippen LogP contribution is 2.27. The molecule has 0 nitrogen and oxygen atoms in total. The molecule has 0 amide bonds. The van der Waals surface area contributed by atoms with E-state index in [0.717, 1.165) is 0 Å². The van der Waals surface area contributed by atoms with Gasteiger partial charge in [0.15, 0.2) is 0 Å². The molecule has 1 aromatic rings. The largest absolute Gasteiger partial charge is 0.123 e. The van der Waals surface area contributed by atoms with Gasteiger partial charge in [-0.05, 0) is 24.1 Å². The van der Waals surface area contributed by atoms with Crippen molar-refractivity contribution in [1.29, 1.82) is 0 Å². The number of halogens is 1. The van der Waals surface area contributed by atoms with Gasteiger partial charge in [0.25, 0.3) is 0 Å². The molecule has 0 unspecified atom stereocenters. The molecule has 0 N–H and O–H groups in total. The third-order valence-electron chi connectivity index (χ3n) is 1.76. The van der Waals surface area contributed by atoms with Crippen molar-refractivity contribution in [2.75, 3.05) is 0 Å². The summed E-state index contributed by atoms with van der Waals surface area (Å²) in [5, 5.41) is 0.639. The summed E-state index contributed by atoms with van der Waals surface area (Å²) in [5.74, 6) is 0.605. The summed E-state index contributed by atoms with van der Waals surface area (Å²) in [6.07, 6.45) is 0. The summed E-state index contributed by atoms with van der Waals surface area (Å²) in [7, 11) is 0. The Morgan fingerprint density at radius 2 is 2.08 bits per heavy atom. The van der Waals surface area contributed by atoms with Gasteiger partial charge < -0.3 is 0 Å². The number of aryl methyl sites for hydroxylation is 1. The van der Waals surface area contributed by atoms with Crippen molar-refractivity contribution < 1.29 is 0 Å². The highest BCUT2D eigenvalue weighted by Gasteiger charge is 2.02. The van der Waals surface area contributed by atoms with Gasteiger partial charge in [-0.25, -0.2) is 0 Å². The van der Waals surface area contributed by atoms with E-state index in [-0.39, 0.29) is 0 Å². The molecule has 0 aromatic heterocycles. The zero-order valence-electron chi connectivity index (χ0n) is 8.30. The minimum absolute atomic E-state index is 0.605. The van der Waals surface area contributed by atoms with Gasteiger partial charge in [0, 0.05) is 16.0 Å². The van der Waals surface area contributed by atoms with Crippen LogP contribution in [0.4, 0.5) is 0 Å². The SMILES string of the molecule is Cc1cc(CCl)ccc1SC(C)C. The molecule has 1 aromatic carbocycles. The van der Waals surface area contributed by atoms with Crippen molar-refractivity contribution in [1.82, 2.24) is 0 Å². The van der Waals surface area contributed by atoms with Crippen molar-refractivity contribution in [3.63, 3.8) is 0 Å². The lowest BCUT2D eigenvalue weighted by Gasteiger charge is -2.08. The molecular weight excluding hydrogens is 200 g/mol. The Hall–Kier alpha value is -0.140. The van der Waals surface area contributed by atoms with E-state index in [1.54, 1.807) is 0 Å². The first-order chi connectivity index (χ1) is 6.13. The van der Waals surface area contributed by atoms with Crippen LogP contribution in [-0.4, -0.2) is 5.25 Å². The van der Waals surface area contributed by atoms with Crippen LogP contribution >= 0.6 is 23.4 Å². The van der Waals surface area contributed by atoms with Gasteiger partial charge in [-0.1, -0.05) is 26.0 Å². The minimum atomic E-state index is 0.605. The number of hydrogen-bond acceptors (Lipinski definition) is 1.